The third kappa shape index (κ3) is 6.91. The van der Waals surface area contributed by atoms with E-state index in [0.717, 1.165) is 88.2 Å². The number of benzene rings is 11. The molecule has 0 radical (unpaired) electrons. The maximum atomic E-state index is 6.75. The summed E-state index contributed by atoms with van der Waals surface area (Å²) in [5.41, 5.74) is 19.8. The number of furan rings is 2. The molecule has 13 rings (SSSR count). The SMILES string of the molecule is Cc1cccc(C)c1N(c1ccc(-c2ccccc2)cc1)c1ccc2cc3c(cc2c1)oc1ccc2oc4cc5cc(N(c6ccc(-c7ccccc7)cc6)c6c(C)cccc6C)ccc5cc4c2c13. The maximum absolute atomic E-state index is 6.75. The second kappa shape index (κ2) is 16.4. The molecule has 0 spiro atoms. The lowest BCUT2D eigenvalue weighted by molar-refractivity contribution is 0.663. The van der Waals surface area contributed by atoms with Crippen LogP contribution in [0.4, 0.5) is 34.1 Å². The summed E-state index contributed by atoms with van der Waals surface area (Å²) in [6.07, 6.45) is 0. The zero-order chi connectivity index (χ0) is 47.0. The highest BCUT2D eigenvalue weighted by molar-refractivity contribution is 6.28. The summed E-state index contributed by atoms with van der Waals surface area (Å²) in [7, 11) is 0. The Labute approximate surface area is 406 Å². The Morgan fingerprint density at radius 3 is 1.01 bits per heavy atom. The molecule has 334 valence electrons. The minimum Gasteiger partial charge on any atom is -0.456 e. The first kappa shape index (κ1) is 41.3. The number of aryl methyl sites for hydroxylation is 4. The summed E-state index contributed by atoms with van der Waals surface area (Å²) < 4.78 is 13.5. The Morgan fingerprint density at radius 1 is 0.271 bits per heavy atom. The van der Waals surface area contributed by atoms with E-state index in [1.807, 2.05) is 0 Å². The molecule has 2 heterocycles. The van der Waals surface area contributed by atoms with Crippen LogP contribution in [-0.4, -0.2) is 0 Å². The van der Waals surface area contributed by atoms with Crippen molar-refractivity contribution in [3.05, 3.63) is 241 Å². The van der Waals surface area contributed by atoms with E-state index < -0.39 is 0 Å². The highest BCUT2D eigenvalue weighted by Crippen LogP contribution is 2.46. The molecule has 0 bridgehead atoms. The van der Waals surface area contributed by atoms with Gasteiger partial charge in [-0.1, -0.05) is 133 Å². The first-order chi connectivity index (χ1) is 34.3. The zero-order valence-corrected chi connectivity index (χ0v) is 39.5. The van der Waals surface area contributed by atoms with Crippen molar-refractivity contribution >= 4 is 99.5 Å². The minimum absolute atomic E-state index is 0.842. The molecule has 0 aliphatic carbocycles. The number of nitrogens with zero attached hydrogens (tertiary/aromatic N) is 2. The third-order valence-corrected chi connectivity index (χ3v) is 14.3. The summed E-state index contributed by atoms with van der Waals surface area (Å²) in [6.45, 7) is 8.78. The van der Waals surface area contributed by atoms with Crippen LogP contribution >= 0.6 is 0 Å². The van der Waals surface area contributed by atoms with Gasteiger partial charge in [0.25, 0.3) is 0 Å². The average Bonchev–Trinajstić information content (AvgIpc) is 3.94. The van der Waals surface area contributed by atoms with E-state index in [2.05, 4.69) is 256 Å². The molecule has 13 aromatic rings. The Morgan fingerprint density at radius 2 is 0.629 bits per heavy atom. The molecule has 0 saturated carbocycles. The number of para-hydroxylation sites is 2. The number of anilines is 6. The van der Waals surface area contributed by atoms with Gasteiger partial charge in [0.1, 0.15) is 22.3 Å². The standard InChI is InChI=1S/C66H48N2O2/c1-41-13-11-14-42(2)65(41)67(53-27-21-47(22-28-53)45-17-7-5-8-18-45)55-31-25-49-37-57-61(39-51(49)35-55)69-59-33-34-60-64(63(57)59)58-38-50-26-32-56(36-52(50)40-62(58)70-60)68(66-43(3)15-12-16-44(66)4)54-29-23-48(24-30-54)46-19-9-6-10-20-46/h5-40H,1-4H3. The first-order valence-electron chi connectivity index (χ1n) is 24.1. The van der Waals surface area contributed by atoms with Crippen molar-refractivity contribution in [1.29, 1.82) is 0 Å². The van der Waals surface area contributed by atoms with Crippen molar-refractivity contribution in [2.24, 2.45) is 0 Å². The van der Waals surface area contributed by atoms with E-state index in [1.54, 1.807) is 0 Å². The van der Waals surface area contributed by atoms with Crippen molar-refractivity contribution in [3.8, 4) is 22.3 Å². The van der Waals surface area contributed by atoms with E-state index in [0.29, 0.717) is 0 Å². The predicted molar refractivity (Wildman–Crippen MR) is 295 cm³/mol. The van der Waals surface area contributed by atoms with Crippen molar-refractivity contribution < 1.29 is 8.83 Å². The summed E-state index contributed by atoms with van der Waals surface area (Å²) >= 11 is 0. The highest BCUT2D eigenvalue weighted by Gasteiger charge is 2.22. The second-order valence-corrected chi connectivity index (χ2v) is 18.8. The van der Waals surface area contributed by atoms with Gasteiger partial charge in [-0.3, -0.25) is 0 Å². The molecule has 0 fully saturated rings. The van der Waals surface area contributed by atoms with Crippen molar-refractivity contribution in [2.45, 2.75) is 27.7 Å². The van der Waals surface area contributed by atoms with Gasteiger partial charge in [0.2, 0.25) is 0 Å². The van der Waals surface area contributed by atoms with Crippen LogP contribution in [0.25, 0.3) is 87.7 Å². The molecular weight excluding hydrogens is 853 g/mol. The Hall–Kier alpha value is -8.86. The van der Waals surface area contributed by atoms with Gasteiger partial charge in [0.15, 0.2) is 0 Å². The Balaban J connectivity index is 0.912. The number of hydrogen-bond donors (Lipinski definition) is 0. The molecule has 2 aromatic heterocycles. The quantitative estimate of drug-likeness (QED) is 0.152. The van der Waals surface area contributed by atoms with Crippen LogP contribution in [0.3, 0.4) is 0 Å². The van der Waals surface area contributed by atoms with Crippen LogP contribution in [0.5, 0.6) is 0 Å². The lowest BCUT2D eigenvalue weighted by atomic mass is 9.99. The summed E-state index contributed by atoms with van der Waals surface area (Å²) in [6, 6.07) is 78.7. The molecule has 0 atom stereocenters. The van der Waals surface area contributed by atoms with Crippen LogP contribution in [0, 0.1) is 27.7 Å². The topological polar surface area (TPSA) is 32.8 Å². The first-order valence-corrected chi connectivity index (χ1v) is 24.1. The van der Waals surface area contributed by atoms with Crippen LogP contribution in [-0.2, 0) is 0 Å². The number of fused-ring (bicyclic) bond motifs is 9. The van der Waals surface area contributed by atoms with Gasteiger partial charge in [-0.15, -0.1) is 0 Å². The fourth-order valence-electron chi connectivity index (χ4n) is 10.9. The zero-order valence-electron chi connectivity index (χ0n) is 39.5. The van der Waals surface area contributed by atoms with Crippen LogP contribution in [0.1, 0.15) is 22.3 Å². The molecule has 0 saturated heterocycles. The Kier molecular flexibility index (Phi) is 9.70. The largest absolute Gasteiger partial charge is 0.456 e. The molecule has 70 heavy (non-hydrogen) atoms. The third-order valence-electron chi connectivity index (χ3n) is 14.3. The van der Waals surface area contributed by atoms with Crippen molar-refractivity contribution in [1.82, 2.24) is 0 Å². The van der Waals surface area contributed by atoms with Gasteiger partial charge < -0.3 is 18.6 Å². The summed E-state index contributed by atoms with van der Waals surface area (Å²) in [5, 5.41) is 8.80. The van der Waals surface area contributed by atoms with E-state index in [4.69, 9.17) is 8.83 Å². The number of rotatable bonds is 8. The lowest BCUT2D eigenvalue weighted by Gasteiger charge is -2.29. The second-order valence-electron chi connectivity index (χ2n) is 18.8. The van der Waals surface area contributed by atoms with Crippen LogP contribution < -0.4 is 9.80 Å². The van der Waals surface area contributed by atoms with E-state index >= 15 is 0 Å². The van der Waals surface area contributed by atoms with E-state index in [9.17, 15) is 0 Å². The lowest BCUT2D eigenvalue weighted by Crippen LogP contribution is -2.12. The number of hydrogen-bond acceptors (Lipinski definition) is 4. The molecule has 4 nitrogen and oxygen atoms in total. The normalized spacial score (nSPS) is 11.7. The van der Waals surface area contributed by atoms with Gasteiger partial charge in [0, 0.05) is 44.3 Å². The van der Waals surface area contributed by atoms with Crippen LogP contribution in [0.15, 0.2) is 227 Å². The van der Waals surface area contributed by atoms with Crippen molar-refractivity contribution in [2.75, 3.05) is 9.80 Å². The fourth-order valence-corrected chi connectivity index (χ4v) is 10.9. The smallest absolute Gasteiger partial charge is 0.136 e. The summed E-state index contributed by atoms with van der Waals surface area (Å²) in [5.74, 6) is 0. The summed E-state index contributed by atoms with van der Waals surface area (Å²) in [4.78, 5) is 4.78. The minimum atomic E-state index is 0.842. The molecule has 4 heteroatoms. The van der Waals surface area contributed by atoms with Gasteiger partial charge in [-0.05, 0) is 179 Å². The Bertz CT molecular complexity index is 3840. The average molecular weight is 901 g/mol. The molecule has 0 amide bonds. The van der Waals surface area contributed by atoms with Crippen LogP contribution in [0.2, 0.25) is 0 Å². The molecule has 0 N–H and O–H groups in total. The molecule has 11 aromatic carbocycles. The predicted octanol–water partition coefficient (Wildman–Crippen LogP) is 19.3. The molecule has 0 aliphatic rings. The van der Waals surface area contributed by atoms with E-state index in [-0.39, 0.29) is 0 Å². The van der Waals surface area contributed by atoms with Gasteiger partial charge >= 0.3 is 0 Å². The van der Waals surface area contributed by atoms with Gasteiger partial charge in [-0.25, -0.2) is 0 Å². The fraction of sp³-hybridized carbons (Fsp3) is 0.0606. The van der Waals surface area contributed by atoms with Gasteiger partial charge in [-0.2, -0.15) is 0 Å². The molecule has 0 aliphatic heterocycles. The molecule has 0 unspecified atom stereocenters. The van der Waals surface area contributed by atoms with Gasteiger partial charge in [0.05, 0.1) is 11.4 Å². The van der Waals surface area contributed by atoms with E-state index in [1.165, 1.54) is 55.9 Å². The van der Waals surface area contributed by atoms with Crippen molar-refractivity contribution in [3.63, 3.8) is 0 Å². The highest BCUT2D eigenvalue weighted by atomic mass is 16.3. The molecular formula is C66H48N2O2. The monoisotopic (exact) mass is 900 g/mol. The maximum Gasteiger partial charge on any atom is 0.136 e.